The molecule has 96 valence electrons. The van der Waals surface area contributed by atoms with Crippen LogP contribution in [0.2, 0.25) is 0 Å². The molecular formula is C15H18O3. The van der Waals surface area contributed by atoms with Crippen LogP contribution in [-0.2, 0) is 4.74 Å². The van der Waals surface area contributed by atoms with E-state index in [9.17, 15) is 4.79 Å². The summed E-state index contributed by atoms with van der Waals surface area (Å²) in [5.74, 6) is 0.428. The van der Waals surface area contributed by atoms with E-state index < -0.39 is 6.10 Å². The van der Waals surface area contributed by atoms with Crippen molar-refractivity contribution in [1.29, 1.82) is 0 Å². The summed E-state index contributed by atoms with van der Waals surface area (Å²) in [7, 11) is 0. The molecule has 0 saturated heterocycles. The maximum Gasteiger partial charge on any atom is 0.226 e. The molecule has 0 saturated carbocycles. The molecule has 1 unspecified atom stereocenters. The number of carbonyl (C=O) groups excluding carboxylic acids is 1. The SMILES string of the molecule is CCOC(C(=O)c1cc2ccccc2o1)C(C)C. The molecule has 1 aromatic heterocycles. The number of benzene rings is 1. The number of ether oxygens (including phenoxy) is 1. The second-order valence-electron chi connectivity index (χ2n) is 4.63. The van der Waals surface area contributed by atoms with Crippen LogP contribution >= 0.6 is 0 Å². The third-order valence-corrected chi connectivity index (χ3v) is 2.88. The first kappa shape index (κ1) is 12.8. The molecule has 2 rings (SSSR count). The number of hydrogen-bond acceptors (Lipinski definition) is 3. The molecular weight excluding hydrogens is 228 g/mol. The van der Waals surface area contributed by atoms with E-state index >= 15 is 0 Å². The molecule has 0 aliphatic rings. The van der Waals surface area contributed by atoms with Gasteiger partial charge in [0.25, 0.3) is 0 Å². The molecule has 3 nitrogen and oxygen atoms in total. The third kappa shape index (κ3) is 2.46. The van der Waals surface area contributed by atoms with Gasteiger partial charge in [0.15, 0.2) is 5.76 Å². The monoisotopic (exact) mass is 246 g/mol. The highest BCUT2D eigenvalue weighted by Gasteiger charge is 2.26. The molecule has 2 aromatic rings. The first-order chi connectivity index (χ1) is 8.63. The Kier molecular flexibility index (Phi) is 3.82. The van der Waals surface area contributed by atoms with Crippen molar-refractivity contribution in [3.05, 3.63) is 36.1 Å². The van der Waals surface area contributed by atoms with Gasteiger partial charge in [0, 0.05) is 12.0 Å². The van der Waals surface area contributed by atoms with Crippen LogP contribution in [0.5, 0.6) is 0 Å². The number of carbonyl (C=O) groups is 1. The van der Waals surface area contributed by atoms with Gasteiger partial charge in [-0.05, 0) is 25.0 Å². The van der Waals surface area contributed by atoms with Crippen LogP contribution in [0, 0.1) is 5.92 Å². The average molecular weight is 246 g/mol. The molecule has 0 bridgehead atoms. The van der Waals surface area contributed by atoms with Crippen molar-refractivity contribution in [2.24, 2.45) is 5.92 Å². The molecule has 1 heterocycles. The fourth-order valence-electron chi connectivity index (χ4n) is 1.99. The maximum atomic E-state index is 12.3. The van der Waals surface area contributed by atoms with Crippen LogP contribution in [0.3, 0.4) is 0 Å². The molecule has 0 amide bonds. The Hall–Kier alpha value is -1.61. The topological polar surface area (TPSA) is 39.4 Å². The van der Waals surface area contributed by atoms with E-state index in [1.165, 1.54) is 0 Å². The summed E-state index contributed by atoms with van der Waals surface area (Å²) in [5, 5.41) is 0.944. The van der Waals surface area contributed by atoms with E-state index in [0.29, 0.717) is 12.4 Å². The Bertz CT molecular complexity index is 506. The second kappa shape index (κ2) is 5.36. The van der Waals surface area contributed by atoms with Crippen LogP contribution < -0.4 is 0 Å². The Morgan fingerprint density at radius 3 is 2.67 bits per heavy atom. The van der Waals surface area contributed by atoms with Crippen LogP contribution in [0.1, 0.15) is 31.3 Å². The van der Waals surface area contributed by atoms with E-state index in [2.05, 4.69) is 0 Å². The van der Waals surface area contributed by atoms with Gasteiger partial charge in [-0.3, -0.25) is 4.79 Å². The maximum absolute atomic E-state index is 12.3. The summed E-state index contributed by atoms with van der Waals surface area (Å²) in [5.41, 5.74) is 0.736. The van der Waals surface area contributed by atoms with Crippen molar-refractivity contribution < 1.29 is 13.9 Å². The Labute approximate surface area is 107 Å². The zero-order chi connectivity index (χ0) is 13.1. The largest absolute Gasteiger partial charge is 0.453 e. The predicted octanol–water partition coefficient (Wildman–Crippen LogP) is 3.68. The standard InChI is InChI=1S/C15H18O3/c1-4-17-15(10(2)3)14(16)13-9-11-7-5-6-8-12(11)18-13/h5-10,15H,4H2,1-3H3. The first-order valence-corrected chi connectivity index (χ1v) is 6.28. The summed E-state index contributed by atoms with van der Waals surface area (Å²) in [6, 6.07) is 9.39. The summed E-state index contributed by atoms with van der Waals surface area (Å²) in [6.45, 7) is 6.36. The van der Waals surface area contributed by atoms with Crippen molar-refractivity contribution in [1.82, 2.24) is 0 Å². The smallest absolute Gasteiger partial charge is 0.226 e. The van der Waals surface area contributed by atoms with Gasteiger partial charge in [0.2, 0.25) is 5.78 Å². The quantitative estimate of drug-likeness (QED) is 0.755. The number of para-hydroxylation sites is 1. The highest BCUT2D eigenvalue weighted by Crippen LogP contribution is 2.22. The number of rotatable bonds is 5. The van der Waals surface area contributed by atoms with Crippen molar-refractivity contribution in [2.45, 2.75) is 26.9 Å². The number of furan rings is 1. The fraction of sp³-hybridized carbons (Fsp3) is 0.400. The summed E-state index contributed by atoms with van der Waals surface area (Å²) in [4.78, 5) is 12.3. The van der Waals surface area contributed by atoms with Crippen LogP contribution in [0.25, 0.3) is 11.0 Å². The second-order valence-corrected chi connectivity index (χ2v) is 4.63. The lowest BCUT2D eigenvalue weighted by atomic mass is 10.0. The van der Waals surface area contributed by atoms with Gasteiger partial charge in [-0.15, -0.1) is 0 Å². The van der Waals surface area contributed by atoms with E-state index in [4.69, 9.17) is 9.15 Å². The van der Waals surface area contributed by atoms with E-state index in [-0.39, 0.29) is 11.7 Å². The summed E-state index contributed by atoms with van der Waals surface area (Å²) < 4.78 is 11.1. The molecule has 0 N–H and O–H groups in total. The normalized spacial score (nSPS) is 13.1. The highest BCUT2D eigenvalue weighted by atomic mass is 16.5. The molecule has 1 atom stereocenters. The zero-order valence-electron chi connectivity index (χ0n) is 11.0. The van der Waals surface area contributed by atoms with Gasteiger partial charge in [0.1, 0.15) is 11.7 Å². The first-order valence-electron chi connectivity index (χ1n) is 6.28. The van der Waals surface area contributed by atoms with Crippen LogP contribution in [0.15, 0.2) is 34.7 Å². The minimum Gasteiger partial charge on any atom is -0.453 e. The molecule has 0 aliphatic carbocycles. The molecule has 0 aliphatic heterocycles. The van der Waals surface area contributed by atoms with Gasteiger partial charge in [-0.2, -0.15) is 0 Å². The molecule has 3 heteroatoms. The zero-order valence-corrected chi connectivity index (χ0v) is 11.0. The van der Waals surface area contributed by atoms with Crippen molar-refractivity contribution in [2.75, 3.05) is 6.61 Å². The Balaban J connectivity index is 2.31. The molecule has 0 radical (unpaired) electrons. The number of hydrogen-bond donors (Lipinski definition) is 0. The molecule has 1 aromatic carbocycles. The number of Topliss-reactive ketones (excluding diaryl/α,β-unsaturated/α-hetero) is 1. The van der Waals surface area contributed by atoms with Gasteiger partial charge < -0.3 is 9.15 Å². The van der Waals surface area contributed by atoms with E-state index in [0.717, 1.165) is 11.0 Å². The van der Waals surface area contributed by atoms with E-state index in [1.807, 2.05) is 45.0 Å². The molecule has 18 heavy (non-hydrogen) atoms. The lowest BCUT2D eigenvalue weighted by Gasteiger charge is -2.17. The molecule has 0 fully saturated rings. The van der Waals surface area contributed by atoms with Crippen LogP contribution in [0.4, 0.5) is 0 Å². The minimum absolute atomic E-state index is 0.0805. The predicted molar refractivity (Wildman–Crippen MR) is 70.8 cm³/mol. The Morgan fingerprint density at radius 1 is 1.33 bits per heavy atom. The van der Waals surface area contributed by atoms with Gasteiger partial charge >= 0.3 is 0 Å². The van der Waals surface area contributed by atoms with Crippen molar-refractivity contribution in [3.8, 4) is 0 Å². The Morgan fingerprint density at radius 2 is 2.06 bits per heavy atom. The van der Waals surface area contributed by atoms with Crippen molar-refractivity contribution in [3.63, 3.8) is 0 Å². The summed E-state index contributed by atoms with van der Waals surface area (Å²) >= 11 is 0. The number of fused-ring (bicyclic) bond motifs is 1. The van der Waals surface area contributed by atoms with E-state index in [1.54, 1.807) is 6.07 Å². The third-order valence-electron chi connectivity index (χ3n) is 2.88. The lowest BCUT2D eigenvalue weighted by Crippen LogP contribution is -2.29. The van der Waals surface area contributed by atoms with Gasteiger partial charge in [0.05, 0.1) is 0 Å². The summed E-state index contributed by atoms with van der Waals surface area (Å²) in [6.07, 6.45) is -0.435. The molecule has 0 spiro atoms. The van der Waals surface area contributed by atoms with Crippen molar-refractivity contribution >= 4 is 16.8 Å². The van der Waals surface area contributed by atoms with Gasteiger partial charge in [-0.25, -0.2) is 0 Å². The van der Waals surface area contributed by atoms with Crippen LogP contribution in [-0.4, -0.2) is 18.5 Å². The minimum atomic E-state index is -0.435. The highest BCUT2D eigenvalue weighted by molar-refractivity contribution is 6.00. The fourth-order valence-corrected chi connectivity index (χ4v) is 1.99. The van der Waals surface area contributed by atoms with Gasteiger partial charge in [-0.1, -0.05) is 32.0 Å². The number of ketones is 1. The lowest BCUT2D eigenvalue weighted by molar-refractivity contribution is 0.0259. The average Bonchev–Trinajstić information content (AvgIpc) is 2.78.